The predicted molar refractivity (Wildman–Crippen MR) is 50.9 cm³/mol. The molecule has 0 unspecified atom stereocenters. The molecule has 5 nitrogen and oxygen atoms in total. The third kappa shape index (κ3) is 5.02. The van der Waals surface area contributed by atoms with E-state index >= 15 is 0 Å². The van der Waals surface area contributed by atoms with Crippen LogP contribution in [0.15, 0.2) is 30.3 Å². The molecule has 6 heteroatoms. The van der Waals surface area contributed by atoms with E-state index in [1.165, 1.54) is 0 Å². The third-order valence-corrected chi connectivity index (χ3v) is 1.16. The summed E-state index contributed by atoms with van der Waals surface area (Å²) in [7, 11) is 0. The minimum atomic E-state index is -0.420. The van der Waals surface area contributed by atoms with Gasteiger partial charge in [-0.25, -0.2) is 10.6 Å². The summed E-state index contributed by atoms with van der Waals surface area (Å²) in [5.74, 6) is 4.86. The zero-order chi connectivity index (χ0) is 10.1. The normalized spacial score (nSPS) is 7.92. The summed E-state index contributed by atoms with van der Waals surface area (Å²) in [6, 6.07) is 8.64. The average molecular weight is 204 g/mol. The van der Waals surface area contributed by atoms with Crippen molar-refractivity contribution in [3.8, 4) is 0 Å². The molecule has 0 aliphatic carbocycles. The van der Waals surface area contributed by atoms with Gasteiger partial charge in [-0.15, -0.1) is 0 Å². The first-order valence-corrected chi connectivity index (χ1v) is 3.66. The van der Waals surface area contributed by atoms with Gasteiger partial charge in [-0.05, 0) is 12.1 Å². The number of halogens is 1. The van der Waals surface area contributed by atoms with Crippen molar-refractivity contribution in [2.75, 3.05) is 5.32 Å². The molecule has 0 radical (unpaired) electrons. The van der Waals surface area contributed by atoms with E-state index in [9.17, 15) is 4.79 Å². The van der Waals surface area contributed by atoms with Crippen LogP contribution in [0.4, 0.5) is 10.5 Å². The Hall–Kier alpha value is -1.30. The summed E-state index contributed by atoms with van der Waals surface area (Å²) in [6.07, 6.45) is 0. The molecule has 0 atom stereocenters. The number of hydrogen-bond acceptors (Lipinski definition) is 3. The van der Waals surface area contributed by atoms with Gasteiger partial charge in [0.1, 0.15) is 0 Å². The number of nitrogens with two attached hydrogens (primary N) is 1. The van der Waals surface area contributed by atoms with Crippen LogP contribution in [0, 0.1) is 0 Å². The van der Waals surface area contributed by atoms with E-state index < -0.39 is 6.03 Å². The first-order valence-electron chi connectivity index (χ1n) is 3.32. The molecule has 0 fully saturated rings. The molecule has 1 aromatic rings. The molecule has 5 N–H and O–H groups in total. The van der Waals surface area contributed by atoms with Crippen molar-refractivity contribution in [2.45, 2.75) is 0 Å². The zero-order valence-electron chi connectivity index (χ0n) is 6.70. The fourth-order valence-electron chi connectivity index (χ4n) is 0.689. The Morgan fingerprint density at radius 3 is 2.31 bits per heavy atom. The molecule has 0 saturated heterocycles. The number of rotatable bonds is 1. The fraction of sp³-hybridized carbons (Fsp3) is 0. The Bertz CT molecular complexity index is 243. The summed E-state index contributed by atoms with van der Waals surface area (Å²) >= 11 is 3.64. The molecule has 0 aliphatic rings. The number of carbonyl (C=O) groups excluding carboxylic acids is 1. The second-order valence-corrected chi connectivity index (χ2v) is 1.96. The Kier molecular flexibility index (Phi) is 6.62. The summed E-state index contributed by atoms with van der Waals surface area (Å²) < 4.78 is 6.47. The van der Waals surface area contributed by atoms with Crippen LogP contribution in [-0.4, -0.2) is 10.7 Å². The minimum absolute atomic E-state index is 0.420. The number of amides is 2. The van der Waals surface area contributed by atoms with Gasteiger partial charge in [0, 0.05) is 5.69 Å². The highest BCUT2D eigenvalue weighted by atomic mass is 35.5. The van der Waals surface area contributed by atoms with Crippen LogP contribution in [0.2, 0.25) is 0 Å². The van der Waals surface area contributed by atoms with Crippen molar-refractivity contribution in [1.82, 2.24) is 5.43 Å². The number of nitrogens with one attached hydrogen (secondary N) is 2. The van der Waals surface area contributed by atoms with E-state index in [2.05, 4.69) is 17.2 Å². The van der Waals surface area contributed by atoms with Gasteiger partial charge in [-0.3, -0.25) is 10.1 Å². The highest BCUT2D eigenvalue weighted by Crippen LogP contribution is 2.03. The van der Waals surface area contributed by atoms with Crippen molar-refractivity contribution in [2.24, 2.45) is 5.84 Å². The molecule has 0 spiro atoms. The van der Waals surface area contributed by atoms with Gasteiger partial charge in [0.15, 0.2) is 0 Å². The largest absolute Gasteiger partial charge is 0.333 e. The monoisotopic (exact) mass is 203 g/mol. The van der Waals surface area contributed by atoms with Crippen LogP contribution in [0.1, 0.15) is 0 Å². The molecule has 1 rings (SSSR count). The number of benzene rings is 1. The lowest BCUT2D eigenvalue weighted by Gasteiger charge is -2.01. The van der Waals surface area contributed by atoms with Crippen LogP contribution < -0.4 is 16.6 Å². The van der Waals surface area contributed by atoms with Gasteiger partial charge in [0.05, 0.1) is 11.9 Å². The van der Waals surface area contributed by atoms with Crippen LogP contribution >= 0.6 is 11.9 Å². The lowest BCUT2D eigenvalue weighted by atomic mass is 10.3. The van der Waals surface area contributed by atoms with Gasteiger partial charge >= 0.3 is 6.03 Å². The number of para-hydroxylation sites is 1. The second kappa shape index (κ2) is 7.35. The van der Waals surface area contributed by atoms with E-state index in [1.54, 1.807) is 12.1 Å². The number of hydrazine groups is 1. The van der Waals surface area contributed by atoms with Gasteiger partial charge in [0.25, 0.3) is 0 Å². The quantitative estimate of drug-likeness (QED) is 0.310. The molecule has 0 saturated carbocycles. The second-order valence-electron chi connectivity index (χ2n) is 1.96. The topological polar surface area (TPSA) is 87.4 Å². The number of carbonyl (C=O) groups is 1. The molecule has 0 bridgehead atoms. The molecule has 1 aromatic carbocycles. The van der Waals surface area contributed by atoms with E-state index in [-0.39, 0.29) is 0 Å². The molecular formula is C7H10ClN3O2. The van der Waals surface area contributed by atoms with Crippen LogP contribution in [0.25, 0.3) is 0 Å². The van der Waals surface area contributed by atoms with Crippen molar-refractivity contribution < 1.29 is 9.45 Å². The highest BCUT2D eigenvalue weighted by molar-refractivity contribution is 6.04. The van der Waals surface area contributed by atoms with Crippen LogP contribution in [-0.2, 0) is 0 Å². The van der Waals surface area contributed by atoms with E-state index in [4.69, 9.17) is 10.5 Å². The third-order valence-electron chi connectivity index (χ3n) is 1.16. The Labute approximate surface area is 80.6 Å². The molecule has 0 heterocycles. The van der Waals surface area contributed by atoms with E-state index in [1.807, 2.05) is 23.6 Å². The van der Waals surface area contributed by atoms with Crippen molar-refractivity contribution in [3.63, 3.8) is 0 Å². The maximum absolute atomic E-state index is 10.6. The minimum Gasteiger partial charge on any atom is -0.307 e. The summed E-state index contributed by atoms with van der Waals surface area (Å²) in [6.45, 7) is 0. The van der Waals surface area contributed by atoms with Crippen molar-refractivity contribution in [3.05, 3.63) is 30.3 Å². The molecular weight excluding hydrogens is 194 g/mol. The first-order chi connectivity index (χ1) is 6.33. The molecule has 13 heavy (non-hydrogen) atoms. The number of hydrogen-bond donors (Lipinski definition) is 4. The zero-order valence-corrected chi connectivity index (χ0v) is 7.45. The number of urea groups is 1. The van der Waals surface area contributed by atoms with E-state index in [0.717, 1.165) is 5.69 Å². The smallest absolute Gasteiger partial charge is 0.307 e. The summed E-state index contributed by atoms with van der Waals surface area (Å²) in [5, 5.41) is 2.52. The van der Waals surface area contributed by atoms with Crippen LogP contribution in [0.3, 0.4) is 0 Å². The van der Waals surface area contributed by atoms with E-state index in [0.29, 0.717) is 0 Å². The van der Waals surface area contributed by atoms with Gasteiger partial charge in [-0.1, -0.05) is 18.2 Å². The highest BCUT2D eigenvalue weighted by Gasteiger charge is 1.94. The lowest BCUT2D eigenvalue weighted by molar-refractivity contribution is 0.252. The molecule has 0 aliphatic heterocycles. The molecule has 2 amide bonds. The van der Waals surface area contributed by atoms with Gasteiger partial charge < -0.3 is 5.32 Å². The fourth-order valence-corrected chi connectivity index (χ4v) is 0.689. The molecule has 72 valence electrons. The van der Waals surface area contributed by atoms with Gasteiger partial charge in [-0.2, -0.15) is 0 Å². The van der Waals surface area contributed by atoms with Crippen molar-refractivity contribution in [1.29, 1.82) is 0 Å². The summed E-state index contributed by atoms with van der Waals surface area (Å²) in [5.41, 5.74) is 2.68. The lowest BCUT2D eigenvalue weighted by Crippen LogP contribution is -2.34. The average Bonchev–Trinajstić information content (AvgIpc) is 2.22. The maximum Gasteiger partial charge on any atom is 0.333 e. The summed E-state index contributed by atoms with van der Waals surface area (Å²) in [4.78, 5) is 10.6. The first kappa shape index (κ1) is 11.7. The Balaban J connectivity index is 0.000000671. The SMILES string of the molecule is NNC(=O)Nc1ccccc1.OCl. The maximum atomic E-state index is 10.6. The molecule has 0 aromatic heterocycles. The Morgan fingerprint density at radius 1 is 1.31 bits per heavy atom. The standard InChI is InChI=1S/C7H9N3O.ClHO/c8-10-7(11)9-6-4-2-1-3-5-6;1-2/h1-5H,8H2,(H2,9,10,11);2H. The van der Waals surface area contributed by atoms with Crippen molar-refractivity contribution >= 4 is 23.6 Å². The van der Waals surface area contributed by atoms with Gasteiger partial charge in [0.2, 0.25) is 0 Å². The Morgan fingerprint density at radius 2 is 1.85 bits per heavy atom. The predicted octanol–water partition coefficient (Wildman–Crippen LogP) is 0.814. The van der Waals surface area contributed by atoms with Crippen LogP contribution in [0.5, 0.6) is 0 Å². The number of anilines is 1.